The Balaban J connectivity index is 3.56. The first-order valence-electron chi connectivity index (χ1n) is 2.69. The molecule has 0 heterocycles. The highest BCUT2D eigenvalue weighted by Gasteiger charge is 1.83. The van der Waals surface area contributed by atoms with Crippen molar-refractivity contribution in [1.29, 1.82) is 0 Å². The number of hydrogen-bond acceptors (Lipinski definition) is 3. The van der Waals surface area contributed by atoms with E-state index in [9.17, 15) is 0 Å². The summed E-state index contributed by atoms with van der Waals surface area (Å²) in [6.07, 6.45) is 0.960. The van der Waals surface area contributed by atoms with Gasteiger partial charge in [0.2, 0.25) is 0 Å². The van der Waals surface area contributed by atoms with Gasteiger partial charge in [0.15, 0.2) is 0 Å². The average Bonchev–Trinajstić information content (AvgIpc) is 1.65. The Morgan fingerprint density at radius 3 is 2.38 bits per heavy atom. The Hall–Kier alpha value is -0.570. The van der Waals surface area contributed by atoms with Crippen molar-refractivity contribution in [3.05, 3.63) is 0 Å². The summed E-state index contributed by atoms with van der Waals surface area (Å²) in [7, 11) is 1.71. The Bertz CT molecular complexity index is 85.7. The molecule has 0 bridgehead atoms. The molecule has 0 aromatic rings. The molecular formula is C5H13N3. The molecule has 3 nitrogen and oxygen atoms in total. The SMILES string of the molecule is CC/C(C)=N\N(C)N. The highest BCUT2D eigenvalue weighted by Crippen LogP contribution is 1.83. The number of hydrogen-bond donors (Lipinski definition) is 1. The second kappa shape index (κ2) is 3.43. The Morgan fingerprint density at radius 2 is 2.25 bits per heavy atom. The molecule has 0 aliphatic carbocycles. The van der Waals surface area contributed by atoms with Crippen molar-refractivity contribution in [2.75, 3.05) is 7.05 Å². The fourth-order valence-electron chi connectivity index (χ4n) is 0.340. The monoisotopic (exact) mass is 115 g/mol. The van der Waals surface area contributed by atoms with E-state index in [4.69, 9.17) is 5.84 Å². The lowest BCUT2D eigenvalue weighted by Gasteiger charge is -2.03. The summed E-state index contributed by atoms with van der Waals surface area (Å²) in [6.45, 7) is 3.99. The van der Waals surface area contributed by atoms with Gasteiger partial charge < -0.3 is 0 Å². The van der Waals surface area contributed by atoms with E-state index in [2.05, 4.69) is 5.10 Å². The molecule has 0 fully saturated rings. The quantitative estimate of drug-likeness (QED) is 0.325. The van der Waals surface area contributed by atoms with Crippen LogP contribution in [0.5, 0.6) is 0 Å². The molecule has 0 unspecified atom stereocenters. The molecule has 0 atom stereocenters. The lowest BCUT2D eigenvalue weighted by molar-refractivity contribution is 0.371. The Kier molecular flexibility index (Phi) is 3.19. The highest BCUT2D eigenvalue weighted by molar-refractivity contribution is 5.81. The lowest BCUT2D eigenvalue weighted by Crippen LogP contribution is -2.20. The molecular weight excluding hydrogens is 102 g/mol. The first-order valence-corrected chi connectivity index (χ1v) is 2.69. The summed E-state index contributed by atoms with van der Waals surface area (Å²) in [4.78, 5) is 0. The summed E-state index contributed by atoms with van der Waals surface area (Å²) in [5.74, 6) is 5.21. The summed E-state index contributed by atoms with van der Waals surface area (Å²) in [6, 6.07) is 0. The van der Waals surface area contributed by atoms with Crippen LogP contribution in [-0.4, -0.2) is 17.9 Å². The van der Waals surface area contributed by atoms with Crippen LogP contribution in [0.1, 0.15) is 20.3 Å². The number of hydrazone groups is 1. The van der Waals surface area contributed by atoms with Gasteiger partial charge >= 0.3 is 0 Å². The van der Waals surface area contributed by atoms with Gasteiger partial charge in [-0.15, -0.1) is 0 Å². The first-order chi connectivity index (χ1) is 3.66. The third-order valence-corrected chi connectivity index (χ3v) is 0.840. The fraction of sp³-hybridized carbons (Fsp3) is 0.800. The number of rotatable bonds is 2. The van der Waals surface area contributed by atoms with E-state index in [0.717, 1.165) is 12.1 Å². The van der Waals surface area contributed by atoms with Gasteiger partial charge in [-0.2, -0.15) is 5.10 Å². The van der Waals surface area contributed by atoms with Crippen LogP contribution in [0.15, 0.2) is 5.10 Å². The minimum absolute atomic E-state index is 0.960. The zero-order valence-corrected chi connectivity index (χ0v) is 5.68. The second-order valence-electron chi connectivity index (χ2n) is 1.76. The summed E-state index contributed by atoms with van der Waals surface area (Å²) in [5, 5.41) is 5.24. The maximum atomic E-state index is 5.21. The third kappa shape index (κ3) is 3.61. The Labute approximate surface area is 50.1 Å². The predicted octanol–water partition coefficient (Wildman–Crippen LogP) is 0.578. The molecule has 0 radical (unpaired) electrons. The van der Waals surface area contributed by atoms with Crippen LogP contribution in [0.3, 0.4) is 0 Å². The van der Waals surface area contributed by atoms with Gasteiger partial charge in [0.25, 0.3) is 0 Å². The summed E-state index contributed by atoms with van der Waals surface area (Å²) in [5.41, 5.74) is 1.05. The molecule has 0 aliphatic heterocycles. The van der Waals surface area contributed by atoms with Crippen molar-refractivity contribution in [2.24, 2.45) is 10.9 Å². The number of nitrogens with two attached hydrogens (primary N) is 1. The first kappa shape index (κ1) is 7.43. The van der Waals surface area contributed by atoms with E-state index in [1.807, 2.05) is 13.8 Å². The molecule has 0 saturated carbocycles. The minimum atomic E-state index is 0.960. The van der Waals surface area contributed by atoms with Crippen molar-refractivity contribution in [1.82, 2.24) is 5.12 Å². The van der Waals surface area contributed by atoms with Gasteiger partial charge in [-0.1, -0.05) is 6.92 Å². The molecule has 3 heteroatoms. The van der Waals surface area contributed by atoms with Gasteiger partial charge in [-0.25, -0.2) is 11.0 Å². The van der Waals surface area contributed by atoms with Crippen molar-refractivity contribution < 1.29 is 0 Å². The van der Waals surface area contributed by atoms with E-state index < -0.39 is 0 Å². The van der Waals surface area contributed by atoms with Crippen molar-refractivity contribution in [2.45, 2.75) is 20.3 Å². The molecule has 2 N–H and O–H groups in total. The van der Waals surface area contributed by atoms with Crippen molar-refractivity contribution in [3.8, 4) is 0 Å². The molecule has 0 saturated heterocycles. The molecule has 0 rings (SSSR count). The second-order valence-corrected chi connectivity index (χ2v) is 1.76. The van der Waals surface area contributed by atoms with Gasteiger partial charge in [-0.05, 0) is 13.3 Å². The zero-order chi connectivity index (χ0) is 6.57. The smallest absolute Gasteiger partial charge is 0.0419 e. The standard InChI is InChI=1S/C5H13N3/c1-4-5(2)7-8(3)6/h4,6H2,1-3H3/b7-5-. The van der Waals surface area contributed by atoms with Crippen LogP contribution < -0.4 is 5.84 Å². The minimum Gasteiger partial charge on any atom is -0.236 e. The lowest BCUT2D eigenvalue weighted by atomic mass is 10.3. The van der Waals surface area contributed by atoms with Crippen LogP contribution >= 0.6 is 0 Å². The van der Waals surface area contributed by atoms with Gasteiger partial charge in [-0.3, -0.25) is 0 Å². The van der Waals surface area contributed by atoms with E-state index in [-0.39, 0.29) is 0 Å². The molecule has 0 amide bonds. The maximum Gasteiger partial charge on any atom is 0.0419 e. The molecule has 0 aromatic carbocycles. The Morgan fingerprint density at radius 1 is 1.75 bits per heavy atom. The molecule has 0 spiro atoms. The van der Waals surface area contributed by atoms with Crippen LogP contribution in [-0.2, 0) is 0 Å². The number of nitrogens with zero attached hydrogens (tertiary/aromatic N) is 2. The van der Waals surface area contributed by atoms with Crippen LogP contribution in [0.2, 0.25) is 0 Å². The predicted molar refractivity (Wildman–Crippen MR) is 35.4 cm³/mol. The maximum absolute atomic E-state index is 5.21. The summed E-state index contributed by atoms with van der Waals surface area (Å²) < 4.78 is 0. The molecule has 8 heavy (non-hydrogen) atoms. The van der Waals surface area contributed by atoms with E-state index in [1.165, 1.54) is 5.12 Å². The van der Waals surface area contributed by atoms with Crippen molar-refractivity contribution >= 4 is 5.71 Å². The summed E-state index contributed by atoms with van der Waals surface area (Å²) >= 11 is 0. The van der Waals surface area contributed by atoms with Crippen molar-refractivity contribution in [3.63, 3.8) is 0 Å². The van der Waals surface area contributed by atoms with Crippen LogP contribution in [0.25, 0.3) is 0 Å². The molecule has 0 aromatic heterocycles. The topological polar surface area (TPSA) is 41.6 Å². The van der Waals surface area contributed by atoms with Gasteiger partial charge in [0, 0.05) is 12.8 Å². The molecule has 0 aliphatic rings. The highest BCUT2D eigenvalue weighted by atomic mass is 15.6. The van der Waals surface area contributed by atoms with Gasteiger partial charge in [0.05, 0.1) is 0 Å². The van der Waals surface area contributed by atoms with Gasteiger partial charge in [0.1, 0.15) is 0 Å². The fourth-order valence-corrected chi connectivity index (χ4v) is 0.340. The third-order valence-electron chi connectivity index (χ3n) is 0.840. The van der Waals surface area contributed by atoms with E-state index in [0.29, 0.717) is 0 Å². The van der Waals surface area contributed by atoms with E-state index >= 15 is 0 Å². The average molecular weight is 115 g/mol. The van der Waals surface area contributed by atoms with E-state index in [1.54, 1.807) is 7.05 Å². The number of hydrazine groups is 1. The molecule has 48 valence electrons. The van der Waals surface area contributed by atoms with Crippen LogP contribution in [0.4, 0.5) is 0 Å². The van der Waals surface area contributed by atoms with Crippen LogP contribution in [0, 0.1) is 0 Å². The zero-order valence-electron chi connectivity index (χ0n) is 5.68. The normalized spacial score (nSPS) is 11.8. The largest absolute Gasteiger partial charge is 0.236 e.